The van der Waals surface area contributed by atoms with Crippen LogP contribution in [0.25, 0.3) is 16.9 Å². The van der Waals surface area contributed by atoms with Gasteiger partial charge in [-0.2, -0.15) is 10.4 Å². The van der Waals surface area contributed by atoms with Gasteiger partial charge < -0.3 is 9.64 Å². The number of pyridine rings is 1. The Balaban J connectivity index is 1.36. The Bertz CT molecular complexity index is 1280. The smallest absolute Gasteiger partial charge is 0.129 e. The second kappa shape index (κ2) is 9.77. The fraction of sp³-hybridized carbons (Fsp3) is 0.222. The van der Waals surface area contributed by atoms with Gasteiger partial charge >= 0.3 is 0 Å². The molecule has 3 heterocycles. The van der Waals surface area contributed by atoms with Crippen LogP contribution in [0.15, 0.2) is 79.1 Å². The van der Waals surface area contributed by atoms with E-state index >= 15 is 0 Å². The number of piperazine rings is 1. The number of rotatable bonds is 6. The van der Waals surface area contributed by atoms with Crippen LogP contribution in [0.4, 0.5) is 5.82 Å². The van der Waals surface area contributed by atoms with Crippen LogP contribution >= 0.6 is 0 Å². The Morgan fingerprint density at radius 1 is 0.971 bits per heavy atom. The van der Waals surface area contributed by atoms with E-state index in [-0.39, 0.29) is 0 Å². The molecule has 7 heteroatoms. The molecule has 0 bridgehead atoms. The van der Waals surface area contributed by atoms with Gasteiger partial charge in [-0.3, -0.25) is 4.90 Å². The highest BCUT2D eigenvalue weighted by atomic mass is 16.5. The highest BCUT2D eigenvalue weighted by Crippen LogP contribution is 2.27. The molecule has 1 aliphatic rings. The number of methoxy groups -OCH3 is 1. The second-order valence-corrected chi connectivity index (χ2v) is 8.29. The van der Waals surface area contributed by atoms with Gasteiger partial charge in [-0.05, 0) is 48.5 Å². The molecule has 1 saturated heterocycles. The molecular weight excluding hydrogens is 424 g/mol. The molecule has 7 nitrogen and oxygen atoms in total. The van der Waals surface area contributed by atoms with Gasteiger partial charge in [0.05, 0.1) is 30.1 Å². The van der Waals surface area contributed by atoms with Gasteiger partial charge in [0.15, 0.2) is 0 Å². The molecule has 0 amide bonds. The number of benzene rings is 2. The van der Waals surface area contributed by atoms with Crippen LogP contribution in [0.2, 0.25) is 0 Å². The van der Waals surface area contributed by atoms with Crippen molar-refractivity contribution in [3.8, 4) is 28.8 Å². The van der Waals surface area contributed by atoms with Crippen molar-refractivity contribution in [1.82, 2.24) is 19.7 Å². The molecular formula is C27H26N6O. The summed E-state index contributed by atoms with van der Waals surface area (Å²) in [6.45, 7) is 4.38. The number of nitrogens with zero attached hydrogens (tertiary/aromatic N) is 6. The van der Waals surface area contributed by atoms with Crippen LogP contribution in [0, 0.1) is 11.3 Å². The van der Waals surface area contributed by atoms with Crippen LogP contribution < -0.4 is 9.64 Å². The van der Waals surface area contributed by atoms with Gasteiger partial charge in [0.25, 0.3) is 0 Å². The molecule has 0 radical (unpaired) electrons. The zero-order valence-corrected chi connectivity index (χ0v) is 19.1. The Morgan fingerprint density at radius 2 is 1.74 bits per heavy atom. The molecule has 2 aromatic heterocycles. The molecule has 5 rings (SSSR count). The maximum absolute atomic E-state index is 9.18. The third-order valence-electron chi connectivity index (χ3n) is 6.14. The SMILES string of the molecule is COc1ccc(-c2nn(-c3ccccc3)cc2CN2CCN(c3cc(C#N)ccn3)CC2)cc1. The van der Waals surface area contributed by atoms with Crippen molar-refractivity contribution in [2.45, 2.75) is 6.54 Å². The van der Waals surface area contributed by atoms with Crippen LogP contribution in [0.3, 0.4) is 0 Å². The van der Waals surface area contributed by atoms with E-state index in [1.165, 1.54) is 5.56 Å². The Morgan fingerprint density at radius 3 is 2.44 bits per heavy atom. The monoisotopic (exact) mass is 450 g/mol. The molecule has 0 unspecified atom stereocenters. The van der Waals surface area contributed by atoms with Crippen molar-refractivity contribution in [2.24, 2.45) is 0 Å². The van der Waals surface area contributed by atoms with Crippen molar-refractivity contribution in [3.63, 3.8) is 0 Å². The predicted octanol–water partition coefficient (Wildman–Crippen LogP) is 4.14. The normalized spacial score (nSPS) is 14.1. The van der Waals surface area contributed by atoms with Gasteiger partial charge in [-0.1, -0.05) is 18.2 Å². The minimum absolute atomic E-state index is 0.643. The molecule has 0 saturated carbocycles. The minimum Gasteiger partial charge on any atom is -0.497 e. The van der Waals surface area contributed by atoms with E-state index in [0.717, 1.165) is 61.2 Å². The number of anilines is 1. The molecule has 4 aromatic rings. The highest BCUT2D eigenvalue weighted by Gasteiger charge is 2.21. The van der Waals surface area contributed by atoms with Gasteiger partial charge in [0.2, 0.25) is 0 Å². The lowest BCUT2D eigenvalue weighted by Crippen LogP contribution is -2.46. The van der Waals surface area contributed by atoms with Gasteiger partial charge in [-0.15, -0.1) is 0 Å². The molecule has 1 aliphatic heterocycles. The van der Waals surface area contributed by atoms with E-state index in [1.807, 2.05) is 41.1 Å². The standard InChI is InChI=1S/C27H26N6O/c1-34-25-9-7-22(8-10-25)27-23(20-33(30-27)24-5-3-2-4-6-24)19-31-13-15-32(16-14-31)26-17-21(18-28)11-12-29-26/h2-12,17,20H,13-16,19H2,1H3. The zero-order valence-electron chi connectivity index (χ0n) is 19.1. The number of para-hydroxylation sites is 1. The summed E-state index contributed by atoms with van der Waals surface area (Å²) in [6.07, 6.45) is 3.85. The number of nitriles is 1. The summed E-state index contributed by atoms with van der Waals surface area (Å²) in [6, 6.07) is 24.1. The summed E-state index contributed by atoms with van der Waals surface area (Å²) in [7, 11) is 1.68. The molecule has 1 fully saturated rings. The van der Waals surface area contributed by atoms with E-state index in [1.54, 1.807) is 19.4 Å². The van der Waals surface area contributed by atoms with Gasteiger partial charge in [0, 0.05) is 56.2 Å². The highest BCUT2D eigenvalue weighted by molar-refractivity contribution is 5.64. The summed E-state index contributed by atoms with van der Waals surface area (Å²) < 4.78 is 7.29. The topological polar surface area (TPSA) is 70.2 Å². The maximum atomic E-state index is 9.18. The number of hydrogen-bond acceptors (Lipinski definition) is 6. The summed E-state index contributed by atoms with van der Waals surface area (Å²) in [5.74, 6) is 1.70. The third-order valence-corrected chi connectivity index (χ3v) is 6.14. The number of hydrogen-bond donors (Lipinski definition) is 0. The Hall–Kier alpha value is -4.15. The minimum atomic E-state index is 0.643. The van der Waals surface area contributed by atoms with Crippen LogP contribution in [-0.2, 0) is 6.54 Å². The van der Waals surface area contributed by atoms with E-state index in [9.17, 15) is 5.26 Å². The lowest BCUT2D eigenvalue weighted by atomic mass is 10.1. The number of ether oxygens (including phenoxy) is 1. The van der Waals surface area contributed by atoms with E-state index in [0.29, 0.717) is 5.56 Å². The Kier molecular flexibility index (Phi) is 6.23. The van der Waals surface area contributed by atoms with Crippen molar-refractivity contribution in [1.29, 1.82) is 5.26 Å². The quantitative estimate of drug-likeness (QED) is 0.440. The average molecular weight is 451 g/mol. The molecule has 170 valence electrons. The first-order chi connectivity index (χ1) is 16.7. The van der Waals surface area contributed by atoms with Crippen molar-refractivity contribution < 1.29 is 4.74 Å². The third kappa shape index (κ3) is 4.63. The van der Waals surface area contributed by atoms with Crippen LogP contribution in [0.1, 0.15) is 11.1 Å². The summed E-state index contributed by atoms with van der Waals surface area (Å²) in [4.78, 5) is 9.15. The first-order valence-corrected chi connectivity index (χ1v) is 11.4. The van der Waals surface area contributed by atoms with E-state index in [4.69, 9.17) is 9.84 Å². The van der Waals surface area contributed by atoms with Crippen molar-refractivity contribution in [2.75, 3.05) is 38.2 Å². The van der Waals surface area contributed by atoms with Crippen molar-refractivity contribution >= 4 is 5.82 Å². The molecule has 0 N–H and O–H groups in total. The zero-order chi connectivity index (χ0) is 23.3. The fourth-order valence-electron chi connectivity index (χ4n) is 4.27. The summed E-state index contributed by atoms with van der Waals surface area (Å²) >= 11 is 0. The van der Waals surface area contributed by atoms with Crippen LogP contribution in [-0.4, -0.2) is 53.0 Å². The molecule has 2 aromatic carbocycles. The van der Waals surface area contributed by atoms with E-state index < -0.39 is 0 Å². The molecule has 0 atom stereocenters. The Labute approximate surface area is 199 Å². The first-order valence-electron chi connectivity index (χ1n) is 11.4. The largest absolute Gasteiger partial charge is 0.497 e. The fourth-order valence-corrected chi connectivity index (χ4v) is 4.27. The van der Waals surface area contributed by atoms with Crippen molar-refractivity contribution in [3.05, 3.63) is 90.3 Å². The predicted molar refractivity (Wildman–Crippen MR) is 132 cm³/mol. The van der Waals surface area contributed by atoms with E-state index in [2.05, 4.69) is 51.3 Å². The molecule has 34 heavy (non-hydrogen) atoms. The van der Waals surface area contributed by atoms with Gasteiger partial charge in [-0.25, -0.2) is 9.67 Å². The lowest BCUT2D eigenvalue weighted by Gasteiger charge is -2.35. The second-order valence-electron chi connectivity index (χ2n) is 8.29. The molecule has 0 aliphatic carbocycles. The summed E-state index contributed by atoms with van der Waals surface area (Å²) in [5.41, 5.74) is 4.92. The first kappa shape index (κ1) is 21.7. The lowest BCUT2D eigenvalue weighted by molar-refractivity contribution is 0.249. The maximum Gasteiger partial charge on any atom is 0.129 e. The van der Waals surface area contributed by atoms with Crippen LogP contribution in [0.5, 0.6) is 5.75 Å². The van der Waals surface area contributed by atoms with Gasteiger partial charge in [0.1, 0.15) is 11.6 Å². The average Bonchev–Trinajstić information content (AvgIpc) is 3.33. The number of aromatic nitrogens is 3. The molecule has 0 spiro atoms. The summed E-state index contributed by atoms with van der Waals surface area (Å²) in [5, 5.41) is 14.1.